The summed E-state index contributed by atoms with van der Waals surface area (Å²) >= 11 is 6.36. The van der Waals surface area contributed by atoms with Gasteiger partial charge in [0.1, 0.15) is 0 Å². The Bertz CT molecular complexity index is 1200. The SMILES string of the molecule is O=C1C2CCCCC2C(=O)N1CCCCN1CCC(=C2c3ccc(Cl)cc3CCc3cccnc32)CC1. The van der Waals surface area contributed by atoms with E-state index in [2.05, 4.69) is 23.1 Å². The molecular formula is C31H36ClN3O2. The van der Waals surface area contributed by atoms with E-state index in [9.17, 15) is 9.59 Å². The van der Waals surface area contributed by atoms with Gasteiger partial charge >= 0.3 is 0 Å². The number of imide groups is 1. The van der Waals surface area contributed by atoms with Gasteiger partial charge in [-0.1, -0.05) is 42.1 Å². The molecule has 3 heterocycles. The fourth-order valence-corrected chi connectivity index (χ4v) is 7.18. The Morgan fingerprint density at radius 2 is 1.57 bits per heavy atom. The molecule has 2 saturated heterocycles. The van der Waals surface area contributed by atoms with Gasteiger partial charge in [0.2, 0.25) is 11.8 Å². The molecule has 6 rings (SSSR count). The third kappa shape index (κ3) is 4.88. The number of hydrogen-bond acceptors (Lipinski definition) is 4. The van der Waals surface area contributed by atoms with E-state index in [1.807, 2.05) is 18.3 Å². The molecule has 194 valence electrons. The Hall–Kier alpha value is -2.50. The quantitative estimate of drug-likeness (QED) is 0.378. The molecule has 2 aliphatic carbocycles. The van der Waals surface area contributed by atoms with Crippen LogP contribution in [0.25, 0.3) is 5.57 Å². The zero-order valence-electron chi connectivity index (χ0n) is 21.6. The molecule has 0 bridgehead atoms. The lowest BCUT2D eigenvalue weighted by molar-refractivity contribution is -0.140. The predicted octanol–water partition coefficient (Wildman–Crippen LogP) is 5.69. The van der Waals surface area contributed by atoms with Gasteiger partial charge in [0.15, 0.2) is 0 Å². The van der Waals surface area contributed by atoms with Crippen LogP contribution in [0.4, 0.5) is 0 Å². The van der Waals surface area contributed by atoms with Gasteiger partial charge in [0.25, 0.3) is 0 Å². The van der Waals surface area contributed by atoms with Crippen molar-refractivity contribution in [2.24, 2.45) is 11.8 Å². The molecule has 5 nitrogen and oxygen atoms in total. The van der Waals surface area contributed by atoms with Crippen LogP contribution in [0.2, 0.25) is 5.02 Å². The zero-order valence-corrected chi connectivity index (χ0v) is 22.3. The fraction of sp³-hybridized carbons (Fsp3) is 0.516. The summed E-state index contributed by atoms with van der Waals surface area (Å²) in [6, 6.07) is 10.6. The van der Waals surface area contributed by atoms with Crippen molar-refractivity contribution in [3.63, 3.8) is 0 Å². The van der Waals surface area contributed by atoms with Crippen molar-refractivity contribution in [2.75, 3.05) is 26.2 Å². The topological polar surface area (TPSA) is 53.5 Å². The van der Waals surface area contributed by atoms with E-state index in [1.165, 1.54) is 27.8 Å². The first-order valence-electron chi connectivity index (χ1n) is 14.1. The maximum absolute atomic E-state index is 12.7. The number of fused-ring (bicyclic) bond motifs is 3. The van der Waals surface area contributed by atoms with Crippen molar-refractivity contribution < 1.29 is 9.59 Å². The largest absolute Gasteiger partial charge is 0.303 e. The number of pyridine rings is 1. The van der Waals surface area contributed by atoms with E-state index >= 15 is 0 Å². The average Bonchev–Trinajstić information content (AvgIpc) is 3.06. The van der Waals surface area contributed by atoms with Crippen LogP contribution in [0.15, 0.2) is 42.1 Å². The number of halogens is 1. The van der Waals surface area contributed by atoms with Crippen molar-refractivity contribution in [3.8, 4) is 0 Å². The molecule has 1 aromatic heterocycles. The number of amides is 2. The van der Waals surface area contributed by atoms with Crippen molar-refractivity contribution in [1.82, 2.24) is 14.8 Å². The van der Waals surface area contributed by atoms with Gasteiger partial charge in [0.05, 0.1) is 17.5 Å². The number of carbonyl (C=O) groups is 2. The number of aryl methyl sites for hydroxylation is 2. The highest BCUT2D eigenvalue weighted by Gasteiger charge is 2.47. The summed E-state index contributed by atoms with van der Waals surface area (Å²) in [4.78, 5) is 34.4. The van der Waals surface area contributed by atoms with Gasteiger partial charge in [-0.25, -0.2) is 0 Å². The van der Waals surface area contributed by atoms with Crippen LogP contribution in [0.1, 0.15) is 73.8 Å². The molecule has 3 fully saturated rings. The molecule has 1 saturated carbocycles. The smallest absolute Gasteiger partial charge is 0.233 e. The summed E-state index contributed by atoms with van der Waals surface area (Å²) in [5.74, 6) is 0.143. The van der Waals surface area contributed by atoms with Crippen LogP contribution in [-0.2, 0) is 22.4 Å². The first-order chi connectivity index (χ1) is 18.1. The molecule has 2 unspecified atom stereocenters. The zero-order chi connectivity index (χ0) is 25.4. The monoisotopic (exact) mass is 517 g/mol. The van der Waals surface area contributed by atoms with E-state index in [4.69, 9.17) is 16.6 Å². The minimum absolute atomic E-state index is 0.0282. The number of benzene rings is 1. The van der Waals surface area contributed by atoms with Crippen LogP contribution >= 0.6 is 11.6 Å². The third-order valence-electron chi connectivity index (χ3n) is 8.98. The van der Waals surface area contributed by atoms with Crippen LogP contribution in [0.5, 0.6) is 0 Å². The van der Waals surface area contributed by atoms with Crippen molar-refractivity contribution in [3.05, 3.63) is 69.5 Å². The normalized spacial score (nSPS) is 24.1. The molecule has 0 spiro atoms. The second-order valence-corrected chi connectivity index (χ2v) is 11.6. The highest BCUT2D eigenvalue weighted by Crippen LogP contribution is 2.39. The second kappa shape index (κ2) is 10.7. The van der Waals surface area contributed by atoms with Crippen LogP contribution < -0.4 is 0 Å². The molecule has 2 amide bonds. The number of nitrogens with zero attached hydrogens (tertiary/aromatic N) is 3. The Kier molecular flexibility index (Phi) is 7.18. The third-order valence-corrected chi connectivity index (χ3v) is 9.22. The number of rotatable bonds is 5. The Labute approximate surface area is 224 Å². The van der Waals surface area contributed by atoms with E-state index in [-0.39, 0.29) is 23.7 Å². The highest BCUT2D eigenvalue weighted by atomic mass is 35.5. The molecule has 37 heavy (non-hydrogen) atoms. The minimum Gasteiger partial charge on any atom is -0.303 e. The Balaban J connectivity index is 1.09. The first kappa shape index (κ1) is 24.8. The molecular weight excluding hydrogens is 482 g/mol. The van der Waals surface area contributed by atoms with E-state index in [0.29, 0.717) is 6.54 Å². The lowest BCUT2D eigenvalue weighted by atomic mass is 9.81. The van der Waals surface area contributed by atoms with Crippen molar-refractivity contribution in [2.45, 2.75) is 64.2 Å². The lowest BCUT2D eigenvalue weighted by Crippen LogP contribution is -2.34. The van der Waals surface area contributed by atoms with Crippen LogP contribution in [0, 0.1) is 11.8 Å². The number of aromatic nitrogens is 1. The molecule has 1 aromatic carbocycles. The number of unbranched alkanes of at least 4 members (excludes halogenated alkanes) is 1. The maximum Gasteiger partial charge on any atom is 0.233 e. The number of carbonyl (C=O) groups excluding carboxylic acids is 2. The highest BCUT2D eigenvalue weighted by molar-refractivity contribution is 6.30. The van der Waals surface area contributed by atoms with Crippen molar-refractivity contribution in [1.29, 1.82) is 0 Å². The maximum atomic E-state index is 12.7. The summed E-state index contributed by atoms with van der Waals surface area (Å²) in [5.41, 5.74) is 7.91. The minimum atomic E-state index is -0.0282. The standard InChI is InChI=1S/C31H36ClN3O2/c32-24-11-12-25-23(20-24)10-9-22-6-5-15-33-29(22)28(25)21-13-18-34(19-14-21)16-3-4-17-35-30(36)26-7-1-2-8-27(26)31(35)37/h5-6,11-12,15,20,26-27H,1-4,7-10,13-14,16-19H2. The first-order valence-corrected chi connectivity index (χ1v) is 14.5. The van der Waals surface area contributed by atoms with Crippen LogP contribution in [0.3, 0.4) is 0 Å². The molecule has 0 radical (unpaired) electrons. The van der Waals surface area contributed by atoms with E-state index in [0.717, 1.165) is 94.6 Å². The van der Waals surface area contributed by atoms with Gasteiger partial charge < -0.3 is 4.90 Å². The molecule has 4 aliphatic rings. The van der Waals surface area contributed by atoms with E-state index < -0.39 is 0 Å². The molecule has 2 aliphatic heterocycles. The van der Waals surface area contributed by atoms with Crippen LogP contribution in [-0.4, -0.2) is 52.8 Å². The van der Waals surface area contributed by atoms with Gasteiger partial charge in [-0.15, -0.1) is 0 Å². The number of hydrogen-bond donors (Lipinski definition) is 0. The number of likely N-dealkylation sites (tertiary alicyclic amines) is 2. The fourth-order valence-electron chi connectivity index (χ4n) is 6.99. The van der Waals surface area contributed by atoms with Crippen molar-refractivity contribution >= 4 is 29.0 Å². The summed E-state index contributed by atoms with van der Waals surface area (Å²) in [6.45, 7) is 3.69. The summed E-state index contributed by atoms with van der Waals surface area (Å²) in [5, 5.41) is 0.799. The summed E-state index contributed by atoms with van der Waals surface area (Å²) in [6.07, 6.45) is 11.9. The summed E-state index contributed by atoms with van der Waals surface area (Å²) < 4.78 is 0. The predicted molar refractivity (Wildman–Crippen MR) is 146 cm³/mol. The Morgan fingerprint density at radius 3 is 2.32 bits per heavy atom. The summed E-state index contributed by atoms with van der Waals surface area (Å²) in [7, 11) is 0. The van der Waals surface area contributed by atoms with E-state index in [1.54, 1.807) is 4.90 Å². The van der Waals surface area contributed by atoms with Gasteiger partial charge in [-0.05, 0) is 92.8 Å². The second-order valence-electron chi connectivity index (χ2n) is 11.2. The molecule has 6 heteroatoms. The number of piperidine rings is 1. The average molecular weight is 518 g/mol. The Morgan fingerprint density at radius 1 is 0.865 bits per heavy atom. The molecule has 0 N–H and O–H groups in total. The lowest BCUT2D eigenvalue weighted by Gasteiger charge is -2.30. The molecule has 2 aromatic rings. The van der Waals surface area contributed by atoms with Gasteiger partial charge in [-0.2, -0.15) is 0 Å². The molecule has 2 atom stereocenters. The van der Waals surface area contributed by atoms with Gasteiger partial charge in [0, 0.05) is 36.4 Å². The van der Waals surface area contributed by atoms with Gasteiger partial charge in [-0.3, -0.25) is 19.5 Å².